The minimum atomic E-state index is -2.60. The summed E-state index contributed by atoms with van der Waals surface area (Å²) in [6.07, 6.45) is 5.00. The molecule has 0 bridgehead atoms. The molecule has 6 rings (SSSR count). The largest absolute Gasteiger partial charge is 0.302 e. The van der Waals surface area contributed by atoms with E-state index < -0.39 is 5.92 Å². The van der Waals surface area contributed by atoms with Gasteiger partial charge >= 0.3 is 0 Å². The van der Waals surface area contributed by atoms with E-state index in [0.717, 1.165) is 57.2 Å². The van der Waals surface area contributed by atoms with Gasteiger partial charge in [0.2, 0.25) is 5.91 Å². The number of aryl methyl sites for hydroxylation is 1. The number of carbonyl (C=O) groups is 1. The summed E-state index contributed by atoms with van der Waals surface area (Å²) < 4.78 is 29.1. The molecule has 1 aromatic carbocycles. The Balaban J connectivity index is 1.40. The number of likely N-dealkylation sites (tertiary alicyclic amines) is 1. The van der Waals surface area contributed by atoms with Crippen LogP contribution in [0.5, 0.6) is 0 Å². The SMILES string of the molecule is CC(=O)Nc1nc2c(s1)-c1c(c(-c3cccnc3)nn1-c1ccc(CN3CCC(F)(F)C3)cc1)CC2. The maximum Gasteiger partial charge on any atom is 0.261 e. The number of hydrogen-bond donors (Lipinski definition) is 1. The number of thiazole rings is 1. The zero-order valence-corrected chi connectivity index (χ0v) is 20.5. The van der Waals surface area contributed by atoms with Gasteiger partial charge in [0.05, 0.1) is 34.2 Å². The second-order valence-corrected chi connectivity index (χ2v) is 10.3. The van der Waals surface area contributed by atoms with E-state index in [0.29, 0.717) is 18.2 Å². The van der Waals surface area contributed by atoms with Crippen LogP contribution in [0.15, 0.2) is 48.8 Å². The lowest BCUT2D eigenvalue weighted by Crippen LogP contribution is -2.24. The minimum absolute atomic E-state index is 0.0840. The molecule has 184 valence electrons. The maximum atomic E-state index is 13.6. The van der Waals surface area contributed by atoms with E-state index in [1.54, 1.807) is 11.1 Å². The number of rotatable bonds is 5. The quantitative estimate of drug-likeness (QED) is 0.414. The third-order valence-corrected chi connectivity index (χ3v) is 7.58. The number of alkyl halides is 2. The molecule has 0 radical (unpaired) electrons. The second kappa shape index (κ2) is 8.86. The number of amides is 1. The smallest absolute Gasteiger partial charge is 0.261 e. The molecule has 1 amide bonds. The molecule has 0 atom stereocenters. The van der Waals surface area contributed by atoms with Crippen molar-refractivity contribution in [3.05, 3.63) is 65.6 Å². The molecule has 1 saturated heterocycles. The number of aromatic nitrogens is 4. The Morgan fingerprint density at radius 2 is 2.03 bits per heavy atom. The van der Waals surface area contributed by atoms with Crippen molar-refractivity contribution in [3.63, 3.8) is 0 Å². The van der Waals surface area contributed by atoms with Crippen molar-refractivity contribution < 1.29 is 13.6 Å². The summed E-state index contributed by atoms with van der Waals surface area (Å²) in [4.78, 5) is 23.3. The van der Waals surface area contributed by atoms with Gasteiger partial charge in [0, 0.05) is 50.0 Å². The van der Waals surface area contributed by atoms with E-state index in [1.165, 1.54) is 18.3 Å². The first-order chi connectivity index (χ1) is 17.4. The predicted molar refractivity (Wildman–Crippen MR) is 134 cm³/mol. The molecule has 3 aromatic heterocycles. The summed E-state index contributed by atoms with van der Waals surface area (Å²) >= 11 is 1.45. The van der Waals surface area contributed by atoms with Crippen LogP contribution in [-0.4, -0.2) is 49.6 Å². The maximum absolute atomic E-state index is 13.6. The Bertz CT molecular complexity index is 1430. The van der Waals surface area contributed by atoms with Gasteiger partial charge in [-0.15, -0.1) is 0 Å². The van der Waals surface area contributed by atoms with Crippen LogP contribution in [0, 0.1) is 0 Å². The Morgan fingerprint density at radius 3 is 2.72 bits per heavy atom. The lowest BCUT2D eigenvalue weighted by Gasteiger charge is -2.16. The first kappa shape index (κ1) is 22.9. The Labute approximate surface area is 210 Å². The van der Waals surface area contributed by atoms with Crippen LogP contribution in [0.3, 0.4) is 0 Å². The van der Waals surface area contributed by atoms with Crippen LogP contribution in [0.25, 0.3) is 27.5 Å². The van der Waals surface area contributed by atoms with E-state index in [9.17, 15) is 13.6 Å². The minimum Gasteiger partial charge on any atom is -0.302 e. The summed E-state index contributed by atoms with van der Waals surface area (Å²) in [7, 11) is 0. The van der Waals surface area contributed by atoms with Gasteiger partial charge < -0.3 is 5.32 Å². The standard InChI is InChI=1S/C26H24F2N6OS/c1-16(35)30-25-31-21-9-8-20-22(18-3-2-11-29-13-18)32-34(23(20)24(21)36-25)19-6-4-17(5-7-19)14-33-12-10-26(27,28)15-33/h2-7,11,13H,8-10,12,14-15H2,1H3,(H,30,31,35). The molecule has 7 nitrogen and oxygen atoms in total. The summed E-state index contributed by atoms with van der Waals surface area (Å²) in [6.45, 7) is 2.18. The topological polar surface area (TPSA) is 75.9 Å². The number of fused-ring (bicyclic) bond motifs is 3. The summed E-state index contributed by atoms with van der Waals surface area (Å²) in [5, 5.41) is 8.40. The number of pyridine rings is 1. The normalized spacial score (nSPS) is 16.5. The fourth-order valence-corrected chi connectivity index (χ4v) is 6.05. The highest BCUT2D eigenvalue weighted by Gasteiger charge is 2.38. The molecule has 1 aliphatic carbocycles. The first-order valence-corrected chi connectivity index (χ1v) is 12.7. The summed E-state index contributed by atoms with van der Waals surface area (Å²) in [5.41, 5.74) is 6.71. The lowest BCUT2D eigenvalue weighted by molar-refractivity contribution is -0.114. The van der Waals surface area contributed by atoms with Crippen molar-refractivity contribution in [3.8, 4) is 27.5 Å². The number of carbonyl (C=O) groups excluding carboxylic acids is 1. The number of benzene rings is 1. The van der Waals surface area contributed by atoms with Gasteiger partial charge in [-0.1, -0.05) is 23.5 Å². The van der Waals surface area contributed by atoms with Gasteiger partial charge in [-0.3, -0.25) is 14.7 Å². The third kappa shape index (κ3) is 4.31. The predicted octanol–water partition coefficient (Wildman–Crippen LogP) is 4.96. The molecule has 1 N–H and O–H groups in total. The van der Waals surface area contributed by atoms with Gasteiger partial charge in [0.25, 0.3) is 5.92 Å². The monoisotopic (exact) mass is 506 g/mol. The fraction of sp³-hybridized carbons (Fsp3) is 0.308. The van der Waals surface area contributed by atoms with Crippen LogP contribution in [-0.2, 0) is 24.2 Å². The van der Waals surface area contributed by atoms with Gasteiger partial charge in [-0.05, 0) is 42.7 Å². The summed E-state index contributed by atoms with van der Waals surface area (Å²) in [6, 6.07) is 11.8. The Hall–Kier alpha value is -3.50. The van der Waals surface area contributed by atoms with Gasteiger partial charge in [0.15, 0.2) is 5.13 Å². The average molecular weight is 507 g/mol. The molecule has 4 heterocycles. The van der Waals surface area contributed by atoms with Crippen molar-refractivity contribution in [1.82, 2.24) is 24.6 Å². The van der Waals surface area contributed by atoms with Crippen LogP contribution < -0.4 is 5.32 Å². The molecule has 2 aliphatic rings. The first-order valence-electron chi connectivity index (χ1n) is 11.9. The summed E-state index contributed by atoms with van der Waals surface area (Å²) in [5.74, 6) is -2.75. The zero-order chi connectivity index (χ0) is 24.9. The molecule has 1 fully saturated rings. The average Bonchev–Trinajstić information content (AvgIpc) is 3.53. The van der Waals surface area contributed by atoms with E-state index in [-0.39, 0.29) is 18.9 Å². The van der Waals surface area contributed by atoms with Crippen LogP contribution in [0.2, 0.25) is 0 Å². The molecule has 36 heavy (non-hydrogen) atoms. The van der Waals surface area contributed by atoms with Crippen LogP contribution in [0.4, 0.5) is 13.9 Å². The lowest BCUT2D eigenvalue weighted by atomic mass is 9.95. The Morgan fingerprint density at radius 1 is 1.19 bits per heavy atom. The zero-order valence-electron chi connectivity index (χ0n) is 19.7. The molecule has 0 saturated carbocycles. The van der Waals surface area contributed by atoms with Crippen molar-refractivity contribution in [2.75, 3.05) is 18.4 Å². The van der Waals surface area contributed by atoms with E-state index in [1.807, 2.05) is 47.3 Å². The number of hydrogen-bond acceptors (Lipinski definition) is 6. The van der Waals surface area contributed by atoms with Crippen molar-refractivity contribution in [1.29, 1.82) is 0 Å². The van der Waals surface area contributed by atoms with Crippen LogP contribution in [0.1, 0.15) is 30.2 Å². The van der Waals surface area contributed by atoms with Crippen LogP contribution >= 0.6 is 11.3 Å². The van der Waals surface area contributed by atoms with E-state index in [2.05, 4.69) is 15.3 Å². The van der Waals surface area contributed by atoms with Crippen molar-refractivity contribution in [2.45, 2.75) is 38.7 Å². The highest BCUT2D eigenvalue weighted by molar-refractivity contribution is 7.19. The van der Waals surface area contributed by atoms with E-state index >= 15 is 0 Å². The highest BCUT2D eigenvalue weighted by atomic mass is 32.1. The van der Waals surface area contributed by atoms with Crippen molar-refractivity contribution in [2.24, 2.45) is 0 Å². The fourth-order valence-electron chi connectivity index (χ4n) is 4.94. The van der Waals surface area contributed by atoms with Gasteiger partial charge in [0.1, 0.15) is 0 Å². The van der Waals surface area contributed by atoms with E-state index in [4.69, 9.17) is 5.10 Å². The third-order valence-electron chi connectivity index (χ3n) is 6.56. The molecule has 4 aromatic rings. The highest BCUT2D eigenvalue weighted by Crippen LogP contribution is 2.44. The van der Waals surface area contributed by atoms with Crippen molar-refractivity contribution >= 4 is 22.4 Å². The molecular formula is C26H24F2N6OS. The van der Waals surface area contributed by atoms with Gasteiger partial charge in [-0.25, -0.2) is 18.4 Å². The molecular weight excluding hydrogens is 482 g/mol. The molecule has 10 heteroatoms. The number of nitrogens with zero attached hydrogens (tertiary/aromatic N) is 5. The molecule has 1 aliphatic heterocycles. The molecule has 0 unspecified atom stereocenters. The number of nitrogens with one attached hydrogen (secondary N) is 1. The second-order valence-electron chi connectivity index (χ2n) is 9.29. The Kier molecular flexibility index (Phi) is 5.65. The van der Waals surface area contributed by atoms with Gasteiger partial charge in [-0.2, -0.15) is 5.10 Å². The number of halogens is 2. The molecule has 0 spiro atoms. The number of anilines is 1.